The van der Waals surface area contributed by atoms with Crippen molar-refractivity contribution in [3.8, 4) is 10.4 Å². The van der Waals surface area contributed by atoms with Gasteiger partial charge in [0.15, 0.2) is 0 Å². The Morgan fingerprint density at radius 2 is 1.86 bits per heavy atom. The fourth-order valence-electron chi connectivity index (χ4n) is 1.99. The molecule has 0 aliphatic rings. The molecule has 0 saturated carbocycles. The lowest BCUT2D eigenvalue weighted by Crippen LogP contribution is -1.94. The minimum Gasteiger partial charge on any atom is -0.396 e. The number of oxime groups is 1. The molecule has 3 heteroatoms. The number of rotatable bonds is 7. The monoisotopic (exact) mass is 301 g/mol. The molecule has 21 heavy (non-hydrogen) atoms. The Bertz CT molecular complexity index is 584. The van der Waals surface area contributed by atoms with Gasteiger partial charge in [-0.05, 0) is 43.0 Å². The molecule has 2 rings (SSSR count). The molecule has 0 aliphatic heterocycles. The van der Waals surface area contributed by atoms with E-state index in [-0.39, 0.29) is 0 Å². The number of unbranched alkanes of at least 4 members (excludes halogenated alkanes) is 1. The van der Waals surface area contributed by atoms with E-state index >= 15 is 0 Å². The minimum atomic E-state index is 0.699. The van der Waals surface area contributed by atoms with Crippen LogP contribution in [0.1, 0.15) is 44.1 Å². The largest absolute Gasteiger partial charge is 0.396 e. The van der Waals surface area contributed by atoms with Crippen LogP contribution in [0.2, 0.25) is 0 Å². The van der Waals surface area contributed by atoms with Crippen LogP contribution in [-0.4, -0.2) is 12.3 Å². The molecule has 2 aromatic rings. The molecule has 0 spiro atoms. The highest BCUT2D eigenvalue weighted by Gasteiger charge is 2.06. The summed E-state index contributed by atoms with van der Waals surface area (Å²) in [6.45, 7) is 7.03. The normalized spacial score (nSPS) is 11.7. The molecular formula is C18H23NOS. The van der Waals surface area contributed by atoms with Gasteiger partial charge in [0.2, 0.25) is 0 Å². The fourth-order valence-corrected chi connectivity index (χ4v) is 2.94. The fraction of sp³-hybridized carbons (Fsp3) is 0.389. The maximum atomic E-state index is 5.33. The third-order valence-corrected chi connectivity index (χ3v) is 4.64. The van der Waals surface area contributed by atoms with Gasteiger partial charge in [0, 0.05) is 4.88 Å². The Kier molecular flexibility index (Phi) is 6.00. The van der Waals surface area contributed by atoms with Gasteiger partial charge < -0.3 is 4.84 Å². The molecule has 0 bridgehead atoms. The summed E-state index contributed by atoms with van der Waals surface area (Å²) < 4.78 is 0. The SMILES string of the molecule is CCCCO/N=C(\C)c1ccc(-c2ccc(CC)cc2)s1. The van der Waals surface area contributed by atoms with Crippen LogP contribution in [0.5, 0.6) is 0 Å². The van der Waals surface area contributed by atoms with Crippen LogP contribution in [-0.2, 0) is 11.3 Å². The first-order valence-electron chi connectivity index (χ1n) is 7.60. The highest BCUT2D eigenvalue weighted by molar-refractivity contribution is 7.17. The van der Waals surface area contributed by atoms with Gasteiger partial charge in [0.05, 0.1) is 10.6 Å². The summed E-state index contributed by atoms with van der Waals surface area (Å²) in [5, 5.41) is 4.19. The molecule has 1 aromatic heterocycles. The van der Waals surface area contributed by atoms with Crippen LogP contribution in [0, 0.1) is 0 Å². The number of thiophene rings is 1. The lowest BCUT2D eigenvalue weighted by molar-refractivity contribution is 0.141. The van der Waals surface area contributed by atoms with E-state index in [9.17, 15) is 0 Å². The Hall–Kier alpha value is -1.61. The highest BCUT2D eigenvalue weighted by atomic mass is 32.1. The van der Waals surface area contributed by atoms with E-state index in [1.807, 2.05) is 6.92 Å². The Morgan fingerprint density at radius 3 is 2.52 bits per heavy atom. The zero-order chi connectivity index (χ0) is 15.1. The topological polar surface area (TPSA) is 21.6 Å². The first-order chi connectivity index (χ1) is 10.2. The van der Waals surface area contributed by atoms with Crippen molar-refractivity contribution in [2.45, 2.75) is 40.0 Å². The van der Waals surface area contributed by atoms with Gasteiger partial charge in [-0.25, -0.2) is 0 Å². The average molecular weight is 301 g/mol. The molecule has 0 aliphatic carbocycles. The van der Waals surface area contributed by atoms with Gasteiger partial charge in [-0.3, -0.25) is 0 Å². The van der Waals surface area contributed by atoms with Gasteiger partial charge in [0.25, 0.3) is 0 Å². The van der Waals surface area contributed by atoms with Gasteiger partial charge in [-0.2, -0.15) is 0 Å². The van der Waals surface area contributed by atoms with E-state index < -0.39 is 0 Å². The Balaban J connectivity index is 2.06. The smallest absolute Gasteiger partial charge is 0.117 e. The lowest BCUT2D eigenvalue weighted by Gasteiger charge is -2.00. The molecule has 0 fully saturated rings. The van der Waals surface area contributed by atoms with Gasteiger partial charge >= 0.3 is 0 Å². The van der Waals surface area contributed by atoms with Crippen LogP contribution in [0.3, 0.4) is 0 Å². The van der Waals surface area contributed by atoms with E-state index in [1.54, 1.807) is 11.3 Å². The molecule has 2 nitrogen and oxygen atoms in total. The first-order valence-corrected chi connectivity index (χ1v) is 8.42. The summed E-state index contributed by atoms with van der Waals surface area (Å²) in [4.78, 5) is 7.77. The van der Waals surface area contributed by atoms with Crippen molar-refractivity contribution >= 4 is 17.0 Å². The molecular weight excluding hydrogens is 278 g/mol. The Labute approximate surface area is 131 Å². The number of nitrogens with zero attached hydrogens (tertiary/aromatic N) is 1. The van der Waals surface area contributed by atoms with Crippen molar-refractivity contribution in [3.63, 3.8) is 0 Å². The molecule has 0 amide bonds. The van der Waals surface area contributed by atoms with Gasteiger partial charge in [-0.15, -0.1) is 11.3 Å². The van der Waals surface area contributed by atoms with Crippen LogP contribution in [0.4, 0.5) is 0 Å². The first kappa shape index (κ1) is 15.8. The summed E-state index contributed by atoms with van der Waals surface area (Å²) in [6.07, 6.45) is 3.26. The molecule has 0 atom stereocenters. The van der Waals surface area contributed by atoms with E-state index in [4.69, 9.17) is 4.84 Å². The van der Waals surface area contributed by atoms with E-state index in [2.05, 4.69) is 55.4 Å². The van der Waals surface area contributed by atoms with Crippen LogP contribution in [0.15, 0.2) is 41.6 Å². The standard InChI is InChI=1S/C18H23NOS/c1-4-6-13-20-19-14(3)17-11-12-18(21-17)16-9-7-15(5-2)8-10-16/h7-12H,4-6,13H2,1-3H3/b19-14+. The quantitative estimate of drug-likeness (QED) is 0.375. The maximum Gasteiger partial charge on any atom is 0.117 e. The number of benzene rings is 1. The van der Waals surface area contributed by atoms with Crippen molar-refractivity contribution in [1.82, 2.24) is 0 Å². The average Bonchev–Trinajstić information content (AvgIpc) is 3.01. The number of hydrogen-bond donors (Lipinski definition) is 0. The van der Waals surface area contributed by atoms with E-state index in [1.165, 1.54) is 20.9 Å². The lowest BCUT2D eigenvalue weighted by atomic mass is 10.1. The van der Waals surface area contributed by atoms with Crippen molar-refractivity contribution in [2.24, 2.45) is 5.16 Å². The van der Waals surface area contributed by atoms with Gasteiger partial charge in [-0.1, -0.05) is 49.7 Å². The molecule has 0 N–H and O–H groups in total. The number of hydrogen-bond acceptors (Lipinski definition) is 3. The van der Waals surface area contributed by atoms with Crippen molar-refractivity contribution < 1.29 is 4.84 Å². The van der Waals surface area contributed by atoms with Crippen molar-refractivity contribution in [1.29, 1.82) is 0 Å². The van der Waals surface area contributed by atoms with Crippen LogP contribution in [0.25, 0.3) is 10.4 Å². The predicted octanol–water partition coefficient (Wildman–Crippen LogP) is 5.52. The second-order valence-corrected chi connectivity index (χ2v) is 6.16. The summed E-state index contributed by atoms with van der Waals surface area (Å²) in [7, 11) is 0. The van der Waals surface area contributed by atoms with Crippen molar-refractivity contribution in [2.75, 3.05) is 6.61 Å². The van der Waals surface area contributed by atoms with Crippen LogP contribution >= 0.6 is 11.3 Å². The molecule has 0 saturated heterocycles. The molecule has 0 unspecified atom stereocenters. The zero-order valence-electron chi connectivity index (χ0n) is 13.1. The summed E-state index contributed by atoms with van der Waals surface area (Å²) in [6, 6.07) is 13.1. The van der Waals surface area contributed by atoms with Crippen molar-refractivity contribution in [3.05, 3.63) is 46.8 Å². The highest BCUT2D eigenvalue weighted by Crippen LogP contribution is 2.28. The second kappa shape index (κ2) is 7.99. The molecule has 112 valence electrons. The Morgan fingerprint density at radius 1 is 1.10 bits per heavy atom. The van der Waals surface area contributed by atoms with E-state index in [0.717, 1.165) is 25.0 Å². The number of aryl methyl sites for hydroxylation is 1. The third kappa shape index (κ3) is 4.43. The van der Waals surface area contributed by atoms with Crippen LogP contribution < -0.4 is 0 Å². The zero-order valence-corrected chi connectivity index (χ0v) is 13.9. The summed E-state index contributed by atoms with van der Waals surface area (Å²) >= 11 is 1.76. The summed E-state index contributed by atoms with van der Waals surface area (Å²) in [5.74, 6) is 0. The minimum absolute atomic E-state index is 0.699. The van der Waals surface area contributed by atoms with Gasteiger partial charge in [0.1, 0.15) is 6.61 Å². The molecule has 0 radical (unpaired) electrons. The molecule has 1 aromatic carbocycles. The summed E-state index contributed by atoms with van der Waals surface area (Å²) in [5.41, 5.74) is 3.59. The third-order valence-electron chi connectivity index (χ3n) is 3.40. The maximum absolute atomic E-state index is 5.33. The molecule has 1 heterocycles. The van der Waals surface area contributed by atoms with E-state index in [0.29, 0.717) is 6.61 Å². The predicted molar refractivity (Wildman–Crippen MR) is 92.2 cm³/mol. The second-order valence-electron chi connectivity index (χ2n) is 5.08.